The number of nitrogens with one attached hydrogen (secondary N) is 1. The summed E-state index contributed by atoms with van der Waals surface area (Å²) in [5, 5.41) is 21.4. The quantitative estimate of drug-likeness (QED) is 0.830. The summed E-state index contributed by atoms with van der Waals surface area (Å²) >= 11 is 0. The topological polar surface area (TPSA) is 77.4 Å². The first-order chi connectivity index (χ1) is 8.24. The van der Waals surface area contributed by atoms with Crippen molar-refractivity contribution in [3.63, 3.8) is 0 Å². The molecule has 1 saturated carbocycles. The Hall–Kier alpha value is -1.85. The first-order valence-corrected chi connectivity index (χ1v) is 5.78. The third-order valence-electron chi connectivity index (χ3n) is 3.58. The molecule has 0 saturated heterocycles. The Kier molecular flexibility index (Phi) is 3.12. The van der Waals surface area contributed by atoms with Gasteiger partial charge in [-0.05, 0) is 32.7 Å². The standard InChI is InChI=1S/C12H15N5/c1-15-12(9-14)4-2-3-10(7-12)17-6-5-16-11(17)8-13/h5-6,10,15H,2-4,7H2,1H3. The summed E-state index contributed by atoms with van der Waals surface area (Å²) in [5.41, 5.74) is -0.458. The molecule has 2 unspecified atom stereocenters. The Labute approximate surface area is 101 Å². The van der Waals surface area contributed by atoms with Crippen LogP contribution in [0.1, 0.15) is 37.5 Å². The zero-order valence-corrected chi connectivity index (χ0v) is 9.85. The van der Waals surface area contributed by atoms with E-state index in [4.69, 9.17) is 5.26 Å². The summed E-state index contributed by atoms with van der Waals surface area (Å²) in [6.07, 6.45) is 7.04. The number of nitriles is 2. The van der Waals surface area contributed by atoms with E-state index in [9.17, 15) is 5.26 Å². The highest BCUT2D eigenvalue weighted by molar-refractivity contribution is 5.16. The van der Waals surface area contributed by atoms with Gasteiger partial charge >= 0.3 is 0 Å². The molecule has 1 aromatic rings. The van der Waals surface area contributed by atoms with Crippen LogP contribution in [0.15, 0.2) is 12.4 Å². The molecule has 1 aromatic heterocycles. The zero-order chi connectivity index (χ0) is 12.3. The van der Waals surface area contributed by atoms with E-state index in [0.717, 1.165) is 25.7 Å². The summed E-state index contributed by atoms with van der Waals surface area (Å²) in [4.78, 5) is 4.01. The van der Waals surface area contributed by atoms with Crippen molar-refractivity contribution in [2.24, 2.45) is 0 Å². The molecule has 0 radical (unpaired) electrons. The van der Waals surface area contributed by atoms with Crippen molar-refractivity contribution >= 4 is 0 Å². The van der Waals surface area contributed by atoms with Gasteiger partial charge in [-0.3, -0.25) is 0 Å². The van der Waals surface area contributed by atoms with Crippen LogP contribution in [-0.2, 0) is 0 Å². The van der Waals surface area contributed by atoms with Crippen molar-refractivity contribution in [2.75, 3.05) is 7.05 Å². The van der Waals surface area contributed by atoms with Crippen molar-refractivity contribution in [1.82, 2.24) is 14.9 Å². The lowest BCUT2D eigenvalue weighted by molar-refractivity contribution is 0.240. The van der Waals surface area contributed by atoms with E-state index in [2.05, 4.69) is 22.4 Å². The van der Waals surface area contributed by atoms with Crippen LogP contribution in [-0.4, -0.2) is 22.1 Å². The first-order valence-electron chi connectivity index (χ1n) is 5.78. The van der Waals surface area contributed by atoms with Gasteiger partial charge in [-0.25, -0.2) is 4.98 Å². The molecule has 1 N–H and O–H groups in total. The zero-order valence-electron chi connectivity index (χ0n) is 9.85. The second-order valence-electron chi connectivity index (χ2n) is 4.46. The van der Waals surface area contributed by atoms with Gasteiger partial charge in [-0.2, -0.15) is 10.5 Å². The Bertz CT molecular complexity index is 478. The Morgan fingerprint density at radius 2 is 2.41 bits per heavy atom. The van der Waals surface area contributed by atoms with Crippen LogP contribution in [0.3, 0.4) is 0 Å². The number of rotatable bonds is 2. The van der Waals surface area contributed by atoms with Gasteiger partial charge < -0.3 is 9.88 Å². The van der Waals surface area contributed by atoms with Crippen molar-refractivity contribution in [2.45, 2.75) is 37.3 Å². The normalized spacial score (nSPS) is 28.3. The van der Waals surface area contributed by atoms with Crippen LogP contribution >= 0.6 is 0 Å². The van der Waals surface area contributed by atoms with Crippen molar-refractivity contribution in [1.29, 1.82) is 10.5 Å². The summed E-state index contributed by atoms with van der Waals surface area (Å²) in [7, 11) is 1.82. The summed E-state index contributed by atoms with van der Waals surface area (Å²) in [5.74, 6) is 0.430. The van der Waals surface area contributed by atoms with E-state index in [1.807, 2.05) is 17.8 Å². The second-order valence-corrected chi connectivity index (χ2v) is 4.46. The minimum absolute atomic E-state index is 0.188. The third-order valence-corrected chi connectivity index (χ3v) is 3.58. The highest BCUT2D eigenvalue weighted by Crippen LogP contribution is 2.35. The number of aromatic nitrogens is 2. The Morgan fingerprint density at radius 1 is 1.59 bits per heavy atom. The summed E-state index contributed by atoms with van der Waals surface area (Å²) < 4.78 is 1.89. The molecule has 88 valence electrons. The Morgan fingerprint density at radius 3 is 3.06 bits per heavy atom. The average Bonchev–Trinajstić information content (AvgIpc) is 2.87. The molecule has 5 nitrogen and oxygen atoms in total. The molecule has 1 heterocycles. The monoisotopic (exact) mass is 229 g/mol. The maximum absolute atomic E-state index is 9.28. The molecule has 0 bridgehead atoms. The lowest BCUT2D eigenvalue weighted by Gasteiger charge is -2.36. The molecule has 2 rings (SSSR count). The molecule has 0 spiro atoms. The van der Waals surface area contributed by atoms with Gasteiger partial charge in [0.1, 0.15) is 11.6 Å². The van der Waals surface area contributed by atoms with Crippen LogP contribution in [0, 0.1) is 22.7 Å². The number of hydrogen-bond acceptors (Lipinski definition) is 4. The van der Waals surface area contributed by atoms with Gasteiger partial charge in [-0.15, -0.1) is 0 Å². The van der Waals surface area contributed by atoms with Crippen LogP contribution in [0.25, 0.3) is 0 Å². The van der Waals surface area contributed by atoms with Crippen LogP contribution in [0.5, 0.6) is 0 Å². The smallest absolute Gasteiger partial charge is 0.212 e. The fraction of sp³-hybridized carbons (Fsp3) is 0.583. The molecule has 1 aliphatic carbocycles. The molecule has 0 amide bonds. The third kappa shape index (κ3) is 2.02. The van der Waals surface area contributed by atoms with Gasteiger partial charge in [-0.1, -0.05) is 0 Å². The Balaban J connectivity index is 2.24. The van der Waals surface area contributed by atoms with Gasteiger partial charge in [0.2, 0.25) is 5.82 Å². The second kappa shape index (κ2) is 4.57. The predicted octanol–water partition coefficient (Wildman–Crippen LogP) is 1.35. The van der Waals surface area contributed by atoms with Crippen LogP contribution in [0.2, 0.25) is 0 Å². The molecule has 1 fully saturated rings. The molecule has 1 aliphatic rings. The number of nitrogens with zero attached hydrogens (tertiary/aromatic N) is 4. The lowest BCUT2D eigenvalue weighted by Crippen LogP contribution is -2.46. The molecule has 0 aliphatic heterocycles. The fourth-order valence-electron chi connectivity index (χ4n) is 2.56. The van der Waals surface area contributed by atoms with Gasteiger partial charge in [0.15, 0.2) is 0 Å². The minimum atomic E-state index is -0.458. The van der Waals surface area contributed by atoms with E-state index in [1.165, 1.54) is 0 Å². The van der Waals surface area contributed by atoms with Gasteiger partial charge in [0.05, 0.1) is 6.07 Å². The van der Waals surface area contributed by atoms with Gasteiger partial charge in [0, 0.05) is 18.4 Å². The van der Waals surface area contributed by atoms with Gasteiger partial charge in [0.25, 0.3) is 0 Å². The number of imidazole rings is 1. The fourth-order valence-corrected chi connectivity index (χ4v) is 2.56. The maximum atomic E-state index is 9.28. The molecule has 2 atom stereocenters. The van der Waals surface area contributed by atoms with Crippen LogP contribution in [0.4, 0.5) is 0 Å². The van der Waals surface area contributed by atoms with E-state index in [0.29, 0.717) is 5.82 Å². The molecule has 5 heteroatoms. The highest BCUT2D eigenvalue weighted by Gasteiger charge is 2.36. The van der Waals surface area contributed by atoms with E-state index in [-0.39, 0.29) is 6.04 Å². The van der Waals surface area contributed by atoms with Crippen molar-refractivity contribution in [3.8, 4) is 12.1 Å². The average molecular weight is 229 g/mol. The minimum Gasteiger partial charge on any atom is -0.319 e. The first kappa shape index (κ1) is 11.6. The summed E-state index contributed by atoms with van der Waals surface area (Å²) in [6, 6.07) is 4.64. The predicted molar refractivity (Wildman–Crippen MR) is 61.9 cm³/mol. The molecule has 0 aromatic carbocycles. The van der Waals surface area contributed by atoms with Crippen molar-refractivity contribution in [3.05, 3.63) is 18.2 Å². The number of hydrogen-bond donors (Lipinski definition) is 1. The SMILES string of the molecule is CNC1(C#N)CCCC(n2ccnc2C#N)C1. The highest BCUT2D eigenvalue weighted by atomic mass is 15.1. The molecule has 17 heavy (non-hydrogen) atoms. The molecular formula is C12H15N5. The maximum Gasteiger partial charge on any atom is 0.212 e. The van der Waals surface area contributed by atoms with Crippen molar-refractivity contribution < 1.29 is 0 Å². The van der Waals surface area contributed by atoms with E-state index < -0.39 is 5.54 Å². The summed E-state index contributed by atoms with van der Waals surface area (Å²) in [6.45, 7) is 0. The molecular weight excluding hydrogens is 214 g/mol. The van der Waals surface area contributed by atoms with Crippen LogP contribution < -0.4 is 5.32 Å². The largest absolute Gasteiger partial charge is 0.319 e. The van der Waals surface area contributed by atoms with E-state index >= 15 is 0 Å². The van der Waals surface area contributed by atoms with E-state index in [1.54, 1.807) is 6.20 Å². The lowest BCUT2D eigenvalue weighted by atomic mass is 9.80.